The number of rotatable bonds is 5. The fourth-order valence-electron chi connectivity index (χ4n) is 2.13. The number of hydrogen-bond acceptors (Lipinski definition) is 3. The second-order valence-electron chi connectivity index (χ2n) is 4.65. The summed E-state index contributed by atoms with van der Waals surface area (Å²) in [6.07, 6.45) is 0.986. The maximum atomic E-state index is 9.36. The number of ether oxygens (including phenoxy) is 1. The molecule has 0 aliphatic rings. The van der Waals surface area contributed by atoms with Crippen molar-refractivity contribution in [1.29, 1.82) is 0 Å². The van der Waals surface area contributed by atoms with Gasteiger partial charge in [-0.05, 0) is 32.4 Å². The van der Waals surface area contributed by atoms with Gasteiger partial charge in [-0.25, -0.2) is 4.98 Å². The predicted molar refractivity (Wildman–Crippen MR) is 71.8 cm³/mol. The molecule has 1 N–H and O–H groups in total. The van der Waals surface area contributed by atoms with E-state index in [1.54, 1.807) is 0 Å². The molecule has 2 rings (SSSR count). The molecule has 0 saturated carbocycles. The predicted octanol–water partition coefficient (Wildman–Crippen LogP) is 2.90. The average Bonchev–Trinajstić information content (AvgIpc) is 2.73. The van der Waals surface area contributed by atoms with Crippen molar-refractivity contribution in [2.45, 2.75) is 39.8 Å². The minimum atomic E-state index is -0.0436. The van der Waals surface area contributed by atoms with Gasteiger partial charge in [0, 0.05) is 12.1 Å². The van der Waals surface area contributed by atoms with Crippen LogP contribution in [-0.2, 0) is 6.61 Å². The normalized spacial score (nSPS) is 11.4. The summed E-state index contributed by atoms with van der Waals surface area (Å²) in [5.41, 5.74) is 1.92. The highest BCUT2D eigenvalue weighted by molar-refractivity contribution is 5.78. The van der Waals surface area contributed by atoms with E-state index in [0.29, 0.717) is 12.4 Å². The van der Waals surface area contributed by atoms with Crippen molar-refractivity contribution in [3.8, 4) is 5.75 Å². The third-order valence-electron chi connectivity index (χ3n) is 2.86. The van der Waals surface area contributed by atoms with Crippen molar-refractivity contribution in [2.24, 2.45) is 0 Å². The van der Waals surface area contributed by atoms with E-state index in [0.717, 1.165) is 23.2 Å². The lowest BCUT2D eigenvalue weighted by Crippen LogP contribution is -2.05. The highest BCUT2D eigenvalue weighted by Gasteiger charge is 2.12. The number of imidazole rings is 1. The third kappa shape index (κ3) is 2.34. The van der Waals surface area contributed by atoms with Crippen molar-refractivity contribution >= 4 is 11.0 Å². The van der Waals surface area contributed by atoms with Crippen LogP contribution in [0.4, 0.5) is 0 Å². The molecule has 0 fully saturated rings. The van der Waals surface area contributed by atoms with E-state index < -0.39 is 0 Å². The van der Waals surface area contributed by atoms with Gasteiger partial charge in [0.05, 0.1) is 17.6 Å². The first-order chi connectivity index (χ1) is 8.67. The lowest BCUT2D eigenvalue weighted by Gasteiger charge is -2.11. The third-order valence-corrected chi connectivity index (χ3v) is 2.86. The summed E-state index contributed by atoms with van der Waals surface area (Å²) in [6.45, 7) is 6.92. The lowest BCUT2D eigenvalue weighted by atomic mass is 10.2. The maximum Gasteiger partial charge on any atom is 0.135 e. The van der Waals surface area contributed by atoms with Crippen LogP contribution < -0.4 is 4.74 Å². The van der Waals surface area contributed by atoms with E-state index >= 15 is 0 Å². The molecule has 98 valence electrons. The molecule has 0 amide bonds. The van der Waals surface area contributed by atoms with E-state index in [1.807, 2.05) is 18.2 Å². The fourth-order valence-corrected chi connectivity index (χ4v) is 2.13. The monoisotopic (exact) mass is 248 g/mol. The molecule has 0 atom stereocenters. The molecule has 1 aromatic heterocycles. The summed E-state index contributed by atoms with van der Waals surface area (Å²) in [4.78, 5) is 4.45. The van der Waals surface area contributed by atoms with Gasteiger partial charge in [-0.3, -0.25) is 0 Å². The molecular weight excluding hydrogens is 228 g/mol. The molecule has 0 spiro atoms. The van der Waals surface area contributed by atoms with Gasteiger partial charge in [0.1, 0.15) is 18.2 Å². The first kappa shape index (κ1) is 12.9. The zero-order valence-electron chi connectivity index (χ0n) is 11.2. The molecule has 0 unspecified atom stereocenters. The van der Waals surface area contributed by atoms with E-state index in [-0.39, 0.29) is 12.6 Å². The van der Waals surface area contributed by atoms with Crippen LogP contribution in [-0.4, -0.2) is 21.3 Å². The van der Waals surface area contributed by atoms with Crippen molar-refractivity contribution in [2.75, 3.05) is 6.61 Å². The number of nitrogens with zero attached hydrogens (tertiary/aromatic N) is 2. The Bertz CT molecular complexity index is 532. The number of benzene rings is 1. The minimum absolute atomic E-state index is 0.0436. The second kappa shape index (κ2) is 5.40. The molecule has 0 saturated heterocycles. The molecule has 0 aliphatic carbocycles. The highest BCUT2D eigenvalue weighted by Crippen LogP contribution is 2.25. The first-order valence-corrected chi connectivity index (χ1v) is 6.42. The minimum Gasteiger partial charge on any atom is -0.494 e. The standard InChI is InChI=1S/C14H20N2O2/c1-4-7-18-11-5-6-13-12(8-11)15-14(9-17)16(13)10(2)3/h5-6,8,10,17H,4,7,9H2,1-3H3. The van der Waals surface area contributed by atoms with E-state index in [2.05, 4.69) is 30.3 Å². The zero-order chi connectivity index (χ0) is 13.1. The van der Waals surface area contributed by atoms with Gasteiger partial charge in [0.2, 0.25) is 0 Å². The van der Waals surface area contributed by atoms with Crippen molar-refractivity contribution < 1.29 is 9.84 Å². The van der Waals surface area contributed by atoms with Crippen LogP contribution in [0.3, 0.4) is 0 Å². The highest BCUT2D eigenvalue weighted by atomic mass is 16.5. The molecule has 4 heteroatoms. The van der Waals surface area contributed by atoms with Crippen LogP contribution in [0, 0.1) is 0 Å². The Morgan fingerprint density at radius 1 is 1.39 bits per heavy atom. The Balaban J connectivity index is 2.45. The number of fused-ring (bicyclic) bond motifs is 1. The molecule has 0 bridgehead atoms. The molecule has 4 nitrogen and oxygen atoms in total. The van der Waals surface area contributed by atoms with Gasteiger partial charge < -0.3 is 14.4 Å². The summed E-state index contributed by atoms with van der Waals surface area (Å²) >= 11 is 0. The first-order valence-electron chi connectivity index (χ1n) is 6.42. The average molecular weight is 248 g/mol. The van der Waals surface area contributed by atoms with Crippen LogP contribution in [0.15, 0.2) is 18.2 Å². The Labute approximate surface area is 107 Å². The summed E-state index contributed by atoms with van der Waals surface area (Å²) in [5.74, 6) is 1.54. The fraction of sp³-hybridized carbons (Fsp3) is 0.500. The van der Waals surface area contributed by atoms with Gasteiger partial charge in [0.25, 0.3) is 0 Å². The smallest absolute Gasteiger partial charge is 0.135 e. The van der Waals surface area contributed by atoms with Gasteiger partial charge in [-0.15, -0.1) is 0 Å². The van der Waals surface area contributed by atoms with Crippen molar-refractivity contribution in [1.82, 2.24) is 9.55 Å². The van der Waals surface area contributed by atoms with E-state index in [4.69, 9.17) is 4.74 Å². The van der Waals surface area contributed by atoms with Crippen LogP contribution >= 0.6 is 0 Å². The molecule has 1 heterocycles. The number of hydrogen-bond donors (Lipinski definition) is 1. The van der Waals surface area contributed by atoms with Gasteiger partial charge in [0.15, 0.2) is 0 Å². The Hall–Kier alpha value is -1.55. The summed E-state index contributed by atoms with van der Waals surface area (Å²) < 4.78 is 7.65. The van der Waals surface area contributed by atoms with Crippen LogP contribution in [0.5, 0.6) is 5.75 Å². The van der Waals surface area contributed by atoms with Crippen molar-refractivity contribution in [3.05, 3.63) is 24.0 Å². The van der Waals surface area contributed by atoms with Crippen LogP contribution in [0.1, 0.15) is 39.1 Å². The molecule has 0 radical (unpaired) electrons. The number of aromatic nitrogens is 2. The van der Waals surface area contributed by atoms with E-state index in [9.17, 15) is 5.11 Å². The van der Waals surface area contributed by atoms with Crippen LogP contribution in [0.2, 0.25) is 0 Å². The quantitative estimate of drug-likeness (QED) is 0.885. The van der Waals surface area contributed by atoms with E-state index in [1.165, 1.54) is 0 Å². The van der Waals surface area contributed by atoms with Gasteiger partial charge in [-0.1, -0.05) is 6.92 Å². The van der Waals surface area contributed by atoms with Gasteiger partial charge >= 0.3 is 0 Å². The maximum absolute atomic E-state index is 9.36. The molecular formula is C14H20N2O2. The summed E-state index contributed by atoms with van der Waals surface area (Å²) in [5, 5.41) is 9.36. The molecule has 0 aliphatic heterocycles. The van der Waals surface area contributed by atoms with Gasteiger partial charge in [-0.2, -0.15) is 0 Å². The number of aliphatic hydroxyl groups is 1. The Morgan fingerprint density at radius 3 is 2.78 bits per heavy atom. The SMILES string of the molecule is CCCOc1ccc2c(c1)nc(CO)n2C(C)C. The topological polar surface area (TPSA) is 47.3 Å². The Kier molecular flexibility index (Phi) is 3.87. The second-order valence-corrected chi connectivity index (χ2v) is 4.65. The van der Waals surface area contributed by atoms with Crippen molar-refractivity contribution in [3.63, 3.8) is 0 Å². The van der Waals surface area contributed by atoms with Crippen LogP contribution in [0.25, 0.3) is 11.0 Å². The largest absolute Gasteiger partial charge is 0.494 e. The number of aliphatic hydroxyl groups excluding tert-OH is 1. The molecule has 1 aromatic carbocycles. The molecule has 18 heavy (non-hydrogen) atoms. The lowest BCUT2D eigenvalue weighted by molar-refractivity contribution is 0.263. The molecule has 2 aromatic rings. The summed E-state index contributed by atoms with van der Waals surface area (Å²) in [7, 11) is 0. The Morgan fingerprint density at radius 2 is 2.17 bits per heavy atom. The zero-order valence-corrected chi connectivity index (χ0v) is 11.2. The summed E-state index contributed by atoms with van der Waals surface area (Å²) in [6, 6.07) is 6.18.